The maximum absolute atomic E-state index is 12.6. The minimum absolute atomic E-state index is 0.227. The van der Waals surface area contributed by atoms with Crippen LogP contribution in [0.4, 0.5) is 0 Å². The number of rotatable bonds is 8. The van der Waals surface area contributed by atoms with Gasteiger partial charge >= 0.3 is 5.97 Å². The van der Waals surface area contributed by atoms with Crippen molar-refractivity contribution in [3.8, 4) is 5.75 Å². The smallest absolute Gasteiger partial charge is 0.316 e. The summed E-state index contributed by atoms with van der Waals surface area (Å²) in [5.41, 5.74) is 0.445. The summed E-state index contributed by atoms with van der Waals surface area (Å²) >= 11 is 0. The fourth-order valence-electron chi connectivity index (χ4n) is 2.05. The van der Waals surface area contributed by atoms with Crippen molar-refractivity contribution < 1.29 is 19.1 Å². The van der Waals surface area contributed by atoms with E-state index in [0.717, 1.165) is 12.8 Å². The fraction of sp³-hybridized carbons (Fsp3) is 0.500. The third-order valence-corrected chi connectivity index (χ3v) is 3.10. The SMILES string of the molecule is CCCCC(C(=O)OC)C(=O)c1ccccc1OCC. The number of methoxy groups -OCH3 is 1. The van der Waals surface area contributed by atoms with E-state index in [2.05, 4.69) is 0 Å². The van der Waals surface area contributed by atoms with Crippen LogP contribution in [0.2, 0.25) is 0 Å². The minimum Gasteiger partial charge on any atom is -0.493 e. The molecule has 0 amide bonds. The molecular formula is C16H22O4. The molecule has 0 heterocycles. The summed E-state index contributed by atoms with van der Waals surface area (Å²) in [6.45, 7) is 4.35. The molecule has 0 saturated carbocycles. The molecule has 1 aromatic carbocycles. The van der Waals surface area contributed by atoms with Crippen LogP contribution in [0, 0.1) is 5.92 Å². The number of esters is 1. The normalized spacial score (nSPS) is 11.8. The van der Waals surface area contributed by atoms with Crippen LogP contribution in [0.1, 0.15) is 43.5 Å². The Morgan fingerprint density at radius 2 is 1.90 bits per heavy atom. The van der Waals surface area contributed by atoms with Gasteiger partial charge in [-0.15, -0.1) is 0 Å². The van der Waals surface area contributed by atoms with E-state index in [-0.39, 0.29) is 5.78 Å². The Kier molecular flexibility index (Phi) is 6.77. The van der Waals surface area contributed by atoms with Crippen molar-refractivity contribution in [3.63, 3.8) is 0 Å². The molecule has 0 aliphatic heterocycles. The summed E-state index contributed by atoms with van der Waals surface area (Å²) in [5.74, 6) is -0.934. The van der Waals surface area contributed by atoms with Crippen molar-refractivity contribution in [3.05, 3.63) is 29.8 Å². The first-order valence-corrected chi connectivity index (χ1v) is 6.99. The van der Waals surface area contributed by atoms with Gasteiger partial charge in [-0.1, -0.05) is 31.9 Å². The molecule has 0 saturated heterocycles. The van der Waals surface area contributed by atoms with Gasteiger partial charge in [-0.05, 0) is 25.5 Å². The molecule has 1 unspecified atom stereocenters. The first kappa shape index (κ1) is 16.2. The number of hydrogen-bond donors (Lipinski definition) is 0. The number of benzene rings is 1. The monoisotopic (exact) mass is 278 g/mol. The van der Waals surface area contributed by atoms with Crippen LogP contribution in [0.15, 0.2) is 24.3 Å². The lowest BCUT2D eigenvalue weighted by molar-refractivity contribution is -0.143. The van der Waals surface area contributed by atoms with E-state index in [9.17, 15) is 9.59 Å². The van der Waals surface area contributed by atoms with E-state index in [1.807, 2.05) is 13.8 Å². The Bertz CT molecular complexity index is 454. The summed E-state index contributed by atoms with van der Waals surface area (Å²) in [5, 5.41) is 0. The lowest BCUT2D eigenvalue weighted by atomic mass is 9.92. The summed E-state index contributed by atoms with van der Waals surface area (Å²) in [6, 6.07) is 7.00. The van der Waals surface area contributed by atoms with Crippen LogP contribution < -0.4 is 4.74 Å². The molecule has 0 bridgehead atoms. The van der Waals surface area contributed by atoms with Crippen molar-refractivity contribution in [2.45, 2.75) is 33.1 Å². The van der Waals surface area contributed by atoms with Gasteiger partial charge in [0.15, 0.2) is 5.78 Å². The van der Waals surface area contributed by atoms with E-state index in [0.29, 0.717) is 24.3 Å². The number of ether oxygens (including phenoxy) is 2. The van der Waals surface area contributed by atoms with Gasteiger partial charge in [0.1, 0.15) is 11.7 Å². The number of carbonyl (C=O) groups is 2. The Labute approximate surface area is 120 Å². The maximum atomic E-state index is 12.6. The van der Waals surface area contributed by atoms with E-state index in [1.54, 1.807) is 24.3 Å². The Balaban J connectivity index is 3.02. The summed E-state index contributed by atoms with van der Waals surface area (Å²) < 4.78 is 10.2. The molecule has 4 heteroatoms. The second kappa shape index (κ2) is 8.35. The quantitative estimate of drug-likeness (QED) is 0.416. The third kappa shape index (κ3) is 4.08. The molecule has 0 radical (unpaired) electrons. The van der Waals surface area contributed by atoms with Gasteiger partial charge in [0.05, 0.1) is 19.3 Å². The molecule has 1 atom stereocenters. The first-order valence-electron chi connectivity index (χ1n) is 6.99. The van der Waals surface area contributed by atoms with Crippen molar-refractivity contribution in [1.29, 1.82) is 0 Å². The van der Waals surface area contributed by atoms with E-state index in [1.165, 1.54) is 7.11 Å². The minimum atomic E-state index is -0.749. The average molecular weight is 278 g/mol. The highest BCUT2D eigenvalue weighted by Gasteiger charge is 2.29. The molecule has 0 spiro atoms. The Morgan fingerprint density at radius 3 is 2.50 bits per heavy atom. The van der Waals surface area contributed by atoms with Gasteiger partial charge in [0, 0.05) is 0 Å². The highest BCUT2D eigenvalue weighted by Crippen LogP contribution is 2.24. The van der Waals surface area contributed by atoms with Gasteiger partial charge in [0.2, 0.25) is 0 Å². The number of Topliss-reactive ketones (excluding diaryl/α,β-unsaturated/α-hetero) is 1. The van der Waals surface area contributed by atoms with Crippen LogP contribution in [0.3, 0.4) is 0 Å². The molecule has 0 fully saturated rings. The standard InChI is InChI=1S/C16H22O4/c1-4-6-9-13(16(18)19-3)15(17)12-10-7-8-11-14(12)20-5-2/h7-8,10-11,13H,4-6,9H2,1-3H3. The molecule has 4 nitrogen and oxygen atoms in total. The van der Waals surface area contributed by atoms with Crippen LogP contribution in [0.25, 0.3) is 0 Å². The Hall–Kier alpha value is -1.84. The summed E-state index contributed by atoms with van der Waals surface area (Å²) in [4.78, 5) is 24.4. The zero-order chi connectivity index (χ0) is 15.0. The number of ketones is 1. The lowest BCUT2D eigenvalue weighted by Crippen LogP contribution is -2.26. The summed E-state index contributed by atoms with van der Waals surface area (Å²) in [6.07, 6.45) is 2.23. The largest absolute Gasteiger partial charge is 0.493 e. The molecule has 1 rings (SSSR count). The zero-order valence-electron chi connectivity index (χ0n) is 12.3. The fourth-order valence-corrected chi connectivity index (χ4v) is 2.05. The number of unbranched alkanes of at least 4 members (excludes halogenated alkanes) is 1. The van der Waals surface area contributed by atoms with Gasteiger partial charge in [0.25, 0.3) is 0 Å². The number of hydrogen-bond acceptors (Lipinski definition) is 4. The molecule has 110 valence electrons. The first-order chi connectivity index (χ1) is 9.65. The van der Waals surface area contributed by atoms with Crippen molar-refractivity contribution in [2.75, 3.05) is 13.7 Å². The number of carbonyl (C=O) groups excluding carboxylic acids is 2. The molecule has 0 aliphatic rings. The van der Waals surface area contributed by atoms with E-state index < -0.39 is 11.9 Å². The number of para-hydroxylation sites is 1. The summed E-state index contributed by atoms with van der Waals surface area (Å²) in [7, 11) is 1.31. The predicted molar refractivity (Wildman–Crippen MR) is 77.0 cm³/mol. The van der Waals surface area contributed by atoms with Crippen molar-refractivity contribution in [2.24, 2.45) is 5.92 Å². The van der Waals surface area contributed by atoms with Gasteiger partial charge < -0.3 is 9.47 Å². The highest BCUT2D eigenvalue weighted by molar-refractivity contribution is 6.10. The van der Waals surface area contributed by atoms with Gasteiger partial charge in [-0.25, -0.2) is 0 Å². The predicted octanol–water partition coefficient (Wildman–Crippen LogP) is 3.25. The van der Waals surface area contributed by atoms with E-state index in [4.69, 9.17) is 9.47 Å². The van der Waals surface area contributed by atoms with Gasteiger partial charge in [-0.2, -0.15) is 0 Å². The molecule has 20 heavy (non-hydrogen) atoms. The van der Waals surface area contributed by atoms with Crippen LogP contribution in [-0.2, 0) is 9.53 Å². The zero-order valence-corrected chi connectivity index (χ0v) is 12.3. The molecule has 1 aromatic rings. The van der Waals surface area contributed by atoms with Gasteiger partial charge in [-0.3, -0.25) is 9.59 Å². The topological polar surface area (TPSA) is 52.6 Å². The molecule has 0 N–H and O–H groups in total. The van der Waals surface area contributed by atoms with Crippen molar-refractivity contribution >= 4 is 11.8 Å². The van der Waals surface area contributed by atoms with Crippen LogP contribution >= 0.6 is 0 Å². The lowest BCUT2D eigenvalue weighted by Gasteiger charge is -2.15. The van der Waals surface area contributed by atoms with Crippen LogP contribution in [-0.4, -0.2) is 25.5 Å². The molecule has 0 aliphatic carbocycles. The second-order valence-corrected chi connectivity index (χ2v) is 4.51. The van der Waals surface area contributed by atoms with E-state index >= 15 is 0 Å². The second-order valence-electron chi connectivity index (χ2n) is 4.51. The Morgan fingerprint density at radius 1 is 1.20 bits per heavy atom. The highest BCUT2D eigenvalue weighted by atomic mass is 16.5. The maximum Gasteiger partial charge on any atom is 0.316 e. The molecule has 0 aromatic heterocycles. The van der Waals surface area contributed by atoms with Crippen molar-refractivity contribution in [1.82, 2.24) is 0 Å². The molecular weight excluding hydrogens is 256 g/mol. The van der Waals surface area contributed by atoms with Crippen LogP contribution in [0.5, 0.6) is 5.75 Å². The average Bonchev–Trinajstić information content (AvgIpc) is 2.48. The third-order valence-electron chi connectivity index (χ3n) is 3.10.